The van der Waals surface area contributed by atoms with E-state index >= 15 is 0 Å². The van der Waals surface area contributed by atoms with Crippen molar-refractivity contribution in [3.63, 3.8) is 0 Å². The van der Waals surface area contributed by atoms with E-state index in [4.69, 9.17) is 9.72 Å². The Kier molecular flexibility index (Phi) is 5.29. The van der Waals surface area contributed by atoms with Gasteiger partial charge in [0.25, 0.3) is 0 Å². The molecule has 0 saturated carbocycles. The second-order valence-corrected chi connectivity index (χ2v) is 8.09. The molecule has 0 N–H and O–H groups in total. The molecule has 0 spiro atoms. The number of benzene rings is 2. The van der Waals surface area contributed by atoms with Crippen LogP contribution in [0.1, 0.15) is 17.0 Å². The van der Waals surface area contributed by atoms with E-state index in [0.717, 1.165) is 27.9 Å². The number of hydrogen-bond donors (Lipinski definition) is 0. The summed E-state index contributed by atoms with van der Waals surface area (Å²) < 4.78 is 46.0. The molecule has 166 valence electrons. The lowest BCUT2D eigenvalue weighted by atomic mass is 10.1. The van der Waals surface area contributed by atoms with Crippen LogP contribution < -0.4 is 4.74 Å². The molecule has 0 aliphatic rings. The second-order valence-electron chi connectivity index (χ2n) is 7.20. The zero-order chi connectivity index (χ0) is 23.0. The minimum atomic E-state index is -4.42. The van der Waals surface area contributed by atoms with Gasteiger partial charge in [0.1, 0.15) is 22.6 Å². The topological polar surface area (TPSA) is 65.7 Å². The number of hydrogen-bond acceptors (Lipinski definition) is 6. The van der Waals surface area contributed by atoms with Gasteiger partial charge < -0.3 is 4.74 Å². The van der Waals surface area contributed by atoms with Crippen LogP contribution in [0.3, 0.4) is 0 Å². The maximum Gasteiger partial charge on any atom is 0.416 e. The molecular weight excluding hydrogens is 451 g/mol. The van der Waals surface area contributed by atoms with E-state index in [2.05, 4.69) is 15.1 Å². The lowest BCUT2D eigenvalue weighted by Gasteiger charge is -2.09. The zero-order valence-corrected chi connectivity index (χ0v) is 18.1. The fourth-order valence-electron chi connectivity index (χ4n) is 3.49. The van der Waals surface area contributed by atoms with Crippen LogP contribution >= 0.6 is 11.3 Å². The van der Waals surface area contributed by atoms with Crippen LogP contribution in [0.2, 0.25) is 0 Å². The SMILES string of the molecule is COc1cccc(Cc2nc(-c3ncnc4sccc34)n(-c3ccc(C(F)(F)F)cc3)n2)c1. The molecule has 6 nitrogen and oxygen atoms in total. The van der Waals surface area contributed by atoms with Crippen molar-refractivity contribution in [2.24, 2.45) is 0 Å². The van der Waals surface area contributed by atoms with Crippen molar-refractivity contribution >= 4 is 21.6 Å². The van der Waals surface area contributed by atoms with Crippen molar-refractivity contribution in [3.05, 3.63) is 83.3 Å². The quantitative estimate of drug-likeness (QED) is 0.339. The molecule has 0 atom stereocenters. The normalized spacial score (nSPS) is 11.8. The molecule has 0 unspecified atom stereocenters. The summed E-state index contributed by atoms with van der Waals surface area (Å²) in [7, 11) is 1.59. The first-order valence-electron chi connectivity index (χ1n) is 9.87. The van der Waals surface area contributed by atoms with Crippen LogP contribution in [0, 0.1) is 0 Å². The number of alkyl halides is 3. The highest BCUT2D eigenvalue weighted by molar-refractivity contribution is 7.16. The molecular formula is C23H16F3N5OS. The fourth-order valence-corrected chi connectivity index (χ4v) is 4.22. The zero-order valence-electron chi connectivity index (χ0n) is 17.2. The predicted molar refractivity (Wildman–Crippen MR) is 119 cm³/mol. The predicted octanol–water partition coefficient (Wildman–Crippen LogP) is 5.56. The monoisotopic (exact) mass is 467 g/mol. The number of rotatable bonds is 5. The van der Waals surface area contributed by atoms with Gasteiger partial charge in [-0.25, -0.2) is 19.6 Å². The molecule has 0 saturated heterocycles. The van der Waals surface area contributed by atoms with Gasteiger partial charge in [-0.3, -0.25) is 0 Å². The third-order valence-electron chi connectivity index (χ3n) is 5.06. The van der Waals surface area contributed by atoms with Crippen molar-refractivity contribution in [2.45, 2.75) is 12.6 Å². The molecule has 3 heterocycles. The van der Waals surface area contributed by atoms with Gasteiger partial charge in [0.2, 0.25) is 0 Å². The Bertz CT molecular complexity index is 1430. The number of methoxy groups -OCH3 is 1. The summed E-state index contributed by atoms with van der Waals surface area (Å²) in [5.74, 6) is 1.64. The molecule has 0 aliphatic heterocycles. The number of aromatic nitrogens is 5. The molecule has 0 fully saturated rings. The van der Waals surface area contributed by atoms with Gasteiger partial charge in [0.05, 0.1) is 18.4 Å². The summed E-state index contributed by atoms with van der Waals surface area (Å²) in [5.41, 5.74) is 1.22. The van der Waals surface area contributed by atoms with Gasteiger partial charge in [-0.05, 0) is 53.4 Å². The largest absolute Gasteiger partial charge is 0.497 e. The maximum absolute atomic E-state index is 13.1. The van der Waals surface area contributed by atoms with E-state index in [1.807, 2.05) is 35.7 Å². The highest BCUT2D eigenvalue weighted by Crippen LogP contribution is 2.32. The Morgan fingerprint density at radius 2 is 1.85 bits per heavy atom. The Hall–Kier alpha value is -3.79. The Labute approximate surface area is 190 Å². The van der Waals surface area contributed by atoms with E-state index in [-0.39, 0.29) is 0 Å². The summed E-state index contributed by atoms with van der Waals surface area (Å²) in [6, 6.07) is 14.3. The number of fused-ring (bicyclic) bond motifs is 1. The Balaban J connectivity index is 1.62. The average molecular weight is 467 g/mol. The molecule has 0 amide bonds. The fraction of sp³-hybridized carbons (Fsp3) is 0.130. The summed E-state index contributed by atoms with van der Waals surface area (Å²) in [5, 5.41) is 7.32. The minimum Gasteiger partial charge on any atom is -0.497 e. The van der Waals surface area contributed by atoms with Gasteiger partial charge in [0, 0.05) is 11.8 Å². The van der Waals surface area contributed by atoms with Gasteiger partial charge in [-0.2, -0.15) is 18.3 Å². The number of thiophene rings is 1. The number of halogens is 3. The maximum atomic E-state index is 13.1. The first kappa shape index (κ1) is 21.1. The third kappa shape index (κ3) is 4.17. The average Bonchev–Trinajstić information content (AvgIpc) is 3.46. The molecule has 3 aromatic heterocycles. The summed E-state index contributed by atoms with van der Waals surface area (Å²) in [6.07, 6.45) is -2.56. The number of nitrogens with zero attached hydrogens (tertiary/aromatic N) is 5. The van der Waals surface area contributed by atoms with E-state index in [1.165, 1.54) is 34.5 Å². The molecule has 0 bridgehead atoms. The number of ether oxygens (including phenoxy) is 1. The van der Waals surface area contributed by atoms with E-state index in [1.54, 1.807) is 7.11 Å². The highest BCUT2D eigenvalue weighted by atomic mass is 32.1. The smallest absolute Gasteiger partial charge is 0.416 e. The third-order valence-corrected chi connectivity index (χ3v) is 5.88. The van der Waals surface area contributed by atoms with Crippen molar-refractivity contribution < 1.29 is 17.9 Å². The van der Waals surface area contributed by atoms with Crippen LogP contribution in [-0.2, 0) is 12.6 Å². The molecule has 33 heavy (non-hydrogen) atoms. The van der Waals surface area contributed by atoms with Gasteiger partial charge in [0.15, 0.2) is 11.6 Å². The van der Waals surface area contributed by atoms with Crippen molar-refractivity contribution in [1.82, 2.24) is 24.7 Å². The second kappa shape index (κ2) is 8.28. The molecule has 10 heteroatoms. The first-order valence-corrected chi connectivity index (χ1v) is 10.8. The molecule has 0 radical (unpaired) electrons. The standard InChI is InChI=1S/C23H16F3N5OS/c1-32-17-4-2-3-14(11-17)12-19-29-21(20-18-9-10-33-22(18)28-13-27-20)31(30-19)16-7-5-15(6-8-16)23(24,25)26/h2-11,13H,12H2,1H3. The van der Waals surface area contributed by atoms with Crippen LogP contribution in [0.5, 0.6) is 5.75 Å². The van der Waals surface area contributed by atoms with Gasteiger partial charge in [-0.1, -0.05) is 12.1 Å². The first-order chi connectivity index (χ1) is 15.9. The van der Waals surface area contributed by atoms with E-state index in [0.29, 0.717) is 35.2 Å². The lowest BCUT2D eigenvalue weighted by Crippen LogP contribution is -2.06. The van der Waals surface area contributed by atoms with Gasteiger partial charge in [-0.15, -0.1) is 11.3 Å². The van der Waals surface area contributed by atoms with Crippen molar-refractivity contribution in [2.75, 3.05) is 7.11 Å². The summed E-state index contributed by atoms with van der Waals surface area (Å²) >= 11 is 1.47. The van der Waals surface area contributed by atoms with Crippen LogP contribution in [-0.4, -0.2) is 31.8 Å². The highest BCUT2D eigenvalue weighted by Gasteiger charge is 2.30. The molecule has 2 aromatic carbocycles. The van der Waals surface area contributed by atoms with E-state index in [9.17, 15) is 13.2 Å². The summed E-state index contributed by atoms with van der Waals surface area (Å²) in [6.45, 7) is 0. The molecule has 0 aliphatic carbocycles. The van der Waals surface area contributed by atoms with Crippen LogP contribution in [0.15, 0.2) is 66.3 Å². The van der Waals surface area contributed by atoms with E-state index < -0.39 is 11.7 Å². The van der Waals surface area contributed by atoms with Crippen molar-refractivity contribution in [3.8, 4) is 23.0 Å². The van der Waals surface area contributed by atoms with Gasteiger partial charge >= 0.3 is 6.18 Å². The summed E-state index contributed by atoms with van der Waals surface area (Å²) in [4.78, 5) is 14.2. The minimum absolute atomic E-state index is 0.412. The lowest BCUT2D eigenvalue weighted by molar-refractivity contribution is -0.137. The molecule has 5 rings (SSSR count). The van der Waals surface area contributed by atoms with Crippen molar-refractivity contribution in [1.29, 1.82) is 0 Å². The van der Waals surface area contributed by atoms with Crippen LogP contribution in [0.4, 0.5) is 13.2 Å². The Morgan fingerprint density at radius 3 is 2.61 bits per heavy atom. The Morgan fingerprint density at radius 1 is 1.03 bits per heavy atom. The molecule has 5 aromatic rings. The van der Waals surface area contributed by atoms with Crippen LogP contribution in [0.25, 0.3) is 27.4 Å².